The lowest BCUT2D eigenvalue weighted by Crippen LogP contribution is -2.59. The molecule has 0 saturated carbocycles. The van der Waals surface area contributed by atoms with Crippen molar-refractivity contribution in [3.05, 3.63) is 18.2 Å². The summed E-state index contributed by atoms with van der Waals surface area (Å²) in [5, 5.41) is 2.79. The zero-order chi connectivity index (χ0) is 18.6. The summed E-state index contributed by atoms with van der Waals surface area (Å²) in [5.41, 5.74) is 5.89. The lowest BCUT2D eigenvalue weighted by molar-refractivity contribution is -0.142. The first-order valence-corrected chi connectivity index (χ1v) is 8.87. The first kappa shape index (κ1) is 21.3. The smallest absolute Gasteiger partial charge is 0.243 e. The van der Waals surface area contributed by atoms with Crippen molar-refractivity contribution in [3.8, 4) is 11.5 Å². The van der Waals surface area contributed by atoms with Gasteiger partial charge >= 0.3 is 0 Å². The molecule has 1 saturated heterocycles. The molecule has 1 fully saturated rings. The van der Waals surface area contributed by atoms with E-state index in [0.717, 1.165) is 0 Å². The van der Waals surface area contributed by atoms with E-state index in [2.05, 4.69) is 5.32 Å². The molecule has 2 amide bonds. The van der Waals surface area contributed by atoms with Crippen LogP contribution >= 0.6 is 12.4 Å². The number of ether oxygens (including phenoxy) is 3. The molecule has 2 aliphatic heterocycles. The molecule has 8 nitrogen and oxygen atoms in total. The molecule has 0 unspecified atom stereocenters. The molecule has 2 aliphatic rings. The highest BCUT2D eigenvalue weighted by Gasteiger charge is 2.39. The number of amides is 2. The molecule has 9 heteroatoms. The van der Waals surface area contributed by atoms with Crippen molar-refractivity contribution in [1.82, 2.24) is 4.90 Å². The average molecular weight is 400 g/mol. The molecule has 0 aliphatic carbocycles. The number of carbonyl (C=O) groups excluding carboxylic acids is 2. The minimum atomic E-state index is -0.953. The van der Waals surface area contributed by atoms with Crippen LogP contribution in [0, 0.1) is 0 Å². The summed E-state index contributed by atoms with van der Waals surface area (Å²) in [7, 11) is 0. The Kier molecular flexibility index (Phi) is 7.29. The number of carbonyl (C=O) groups is 2. The van der Waals surface area contributed by atoms with E-state index in [1.54, 1.807) is 18.2 Å². The Hall–Kier alpha value is -2.03. The van der Waals surface area contributed by atoms with Gasteiger partial charge in [0.25, 0.3) is 0 Å². The summed E-state index contributed by atoms with van der Waals surface area (Å²) in [4.78, 5) is 26.6. The van der Waals surface area contributed by atoms with Gasteiger partial charge in [-0.05, 0) is 31.9 Å². The third-order valence-corrected chi connectivity index (χ3v) is 4.64. The molecule has 0 atom stereocenters. The van der Waals surface area contributed by atoms with Crippen molar-refractivity contribution in [2.75, 3.05) is 44.8 Å². The van der Waals surface area contributed by atoms with Crippen molar-refractivity contribution in [1.29, 1.82) is 0 Å². The number of rotatable bonds is 5. The number of fused-ring (bicyclic) bond motifs is 1. The second-order valence-corrected chi connectivity index (χ2v) is 6.49. The van der Waals surface area contributed by atoms with Crippen molar-refractivity contribution >= 4 is 29.9 Å². The second kappa shape index (κ2) is 9.25. The van der Waals surface area contributed by atoms with Crippen molar-refractivity contribution < 1.29 is 23.8 Å². The van der Waals surface area contributed by atoms with Gasteiger partial charge in [-0.1, -0.05) is 0 Å². The normalized spacial score (nSPS) is 17.4. The molecule has 150 valence electrons. The Morgan fingerprint density at radius 2 is 1.81 bits per heavy atom. The number of nitrogens with one attached hydrogen (secondary N) is 1. The lowest BCUT2D eigenvalue weighted by Gasteiger charge is -2.36. The van der Waals surface area contributed by atoms with Crippen LogP contribution in [0.15, 0.2) is 18.2 Å². The fraction of sp³-hybridized carbons (Fsp3) is 0.556. The van der Waals surface area contributed by atoms with E-state index >= 15 is 0 Å². The largest absolute Gasteiger partial charge is 0.486 e. The molecule has 2 heterocycles. The molecule has 1 aromatic carbocycles. The molecular formula is C18H26ClN3O5. The van der Waals surface area contributed by atoms with Gasteiger partial charge in [-0.2, -0.15) is 0 Å². The van der Waals surface area contributed by atoms with E-state index in [1.165, 1.54) is 4.90 Å². The molecule has 27 heavy (non-hydrogen) atoms. The van der Waals surface area contributed by atoms with E-state index < -0.39 is 5.54 Å². The van der Waals surface area contributed by atoms with E-state index in [-0.39, 0.29) is 30.8 Å². The monoisotopic (exact) mass is 399 g/mol. The first-order valence-electron chi connectivity index (χ1n) is 8.87. The van der Waals surface area contributed by atoms with Gasteiger partial charge in [0.15, 0.2) is 11.5 Å². The summed E-state index contributed by atoms with van der Waals surface area (Å²) in [5.74, 6) is 0.762. The van der Waals surface area contributed by atoms with Crippen LogP contribution in [0.1, 0.15) is 19.8 Å². The third kappa shape index (κ3) is 5.03. The number of likely N-dealkylation sites (N-methyl/N-ethyl adjacent to an activating group) is 1. The zero-order valence-corrected chi connectivity index (χ0v) is 16.2. The van der Waals surface area contributed by atoms with Gasteiger partial charge in [0.1, 0.15) is 13.2 Å². The molecule has 0 spiro atoms. The van der Waals surface area contributed by atoms with Crippen LogP contribution in [0.2, 0.25) is 0 Å². The Bertz CT molecular complexity index is 679. The lowest BCUT2D eigenvalue weighted by atomic mass is 9.89. The predicted octanol–water partition coefficient (Wildman–Crippen LogP) is 1.17. The van der Waals surface area contributed by atoms with E-state index in [9.17, 15) is 9.59 Å². The fourth-order valence-electron chi connectivity index (χ4n) is 3.09. The van der Waals surface area contributed by atoms with Crippen molar-refractivity contribution in [2.24, 2.45) is 5.73 Å². The Labute approximate surface area is 164 Å². The fourth-order valence-corrected chi connectivity index (χ4v) is 3.09. The minimum Gasteiger partial charge on any atom is -0.486 e. The summed E-state index contributed by atoms with van der Waals surface area (Å²) < 4.78 is 16.3. The maximum Gasteiger partial charge on any atom is 0.243 e. The predicted molar refractivity (Wildman–Crippen MR) is 103 cm³/mol. The van der Waals surface area contributed by atoms with Crippen molar-refractivity contribution in [2.45, 2.75) is 25.3 Å². The highest BCUT2D eigenvalue weighted by Crippen LogP contribution is 2.32. The second-order valence-electron chi connectivity index (χ2n) is 6.49. The van der Waals surface area contributed by atoms with Gasteiger partial charge in [0.2, 0.25) is 11.8 Å². The molecule has 0 radical (unpaired) electrons. The highest BCUT2D eigenvalue weighted by molar-refractivity contribution is 5.96. The number of nitrogens with zero attached hydrogens (tertiary/aromatic N) is 1. The highest BCUT2D eigenvalue weighted by atomic mass is 35.5. The Morgan fingerprint density at radius 3 is 2.48 bits per heavy atom. The maximum atomic E-state index is 12.8. The summed E-state index contributed by atoms with van der Waals surface area (Å²) in [6.07, 6.45) is 0.929. The SMILES string of the molecule is CCN(CC(=O)Nc1ccc2c(c1)OCCO2)C(=O)C1(N)CCOCC1.Cl. The van der Waals surface area contributed by atoms with Gasteiger partial charge < -0.3 is 30.2 Å². The quantitative estimate of drug-likeness (QED) is 0.770. The molecule has 3 rings (SSSR count). The number of hydrogen-bond acceptors (Lipinski definition) is 6. The average Bonchev–Trinajstić information content (AvgIpc) is 2.66. The molecule has 1 aromatic rings. The number of nitrogens with two attached hydrogens (primary N) is 1. The van der Waals surface area contributed by atoms with Crippen LogP contribution in [0.4, 0.5) is 5.69 Å². The summed E-state index contributed by atoms with van der Waals surface area (Å²) >= 11 is 0. The van der Waals surface area contributed by atoms with Gasteiger partial charge in [0, 0.05) is 31.5 Å². The number of hydrogen-bond donors (Lipinski definition) is 2. The van der Waals surface area contributed by atoms with Crippen LogP contribution in [0.25, 0.3) is 0 Å². The van der Waals surface area contributed by atoms with Crippen LogP contribution < -0.4 is 20.5 Å². The topological polar surface area (TPSA) is 103 Å². The van der Waals surface area contributed by atoms with E-state index in [1.807, 2.05) is 6.92 Å². The van der Waals surface area contributed by atoms with Crippen molar-refractivity contribution in [3.63, 3.8) is 0 Å². The molecule has 0 bridgehead atoms. The Morgan fingerprint density at radius 1 is 1.15 bits per heavy atom. The molecular weight excluding hydrogens is 374 g/mol. The number of benzene rings is 1. The van der Waals surface area contributed by atoms with E-state index in [4.69, 9.17) is 19.9 Å². The van der Waals surface area contributed by atoms with Crippen LogP contribution in [-0.4, -0.2) is 61.8 Å². The maximum absolute atomic E-state index is 12.8. The minimum absolute atomic E-state index is 0. The standard InChI is InChI=1S/C18H25N3O5.ClH/c1-2-21(17(23)18(19)5-7-24-8-6-18)12-16(22)20-13-3-4-14-15(11-13)26-10-9-25-14;/h3-4,11H,2,5-10,12,19H2,1H3,(H,20,22);1H. The van der Waals surface area contributed by atoms with E-state index in [0.29, 0.717) is 63.0 Å². The molecule has 0 aromatic heterocycles. The van der Waals surface area contributed by atoms with Gasteiger partial charge in [-0.3, -0.25) is 9.59 Å². The van der Waals surface area contributed by atoms with Crippen LogP contribution in [0.3, 0.4) is 0 Å². The number of halogens is 1. The van der Waals surface area contributed by atoms with Crippen LogP contribution in [-0.2, 0) is 14.3 Å². The van der Waals surface area contributed by atoms with Gasteiger partial charge in [0.05, 0.1) is 12.1 Å². The third-order valence-electron chi connectivity index (χ3n) is 4.64. The Balaban J connectivity index is 0.00000261. The zero-order valence-electron chi connectivity index (χ0n) is 15.4. The first-order chi connectivity index (χ1) is 12.5. The molecule has 3 N–H and O–H groups in total. The summed E-state index contributed by atoms with van der Waals surface area (Å²) in [6.45, 7) is 4.10. The van der Waals surface area contributed by atoms with Gasteiger partial charge in [-0.25, -0.2) is 0 Å². The van der Waals surface area contributed by atoms with Crippen LogP contribution in [0.5, 0.6) is 11.5 Å². The number of anilines is 1. The van der Waals surface area contributed by atoms with Gasteiger partial charge in [-0.15, -0.1) is 12.4 Å². The summed E-state index contributed by atoms with van der Waals surface area (Å²) in [6, 6.07) is 5.21.